The normalized spacial score (nSPS) is 26.8. The third-order valence-electron chi connectivity index (χ3n) is 4.77. The van der Waals surface area contributed by atoms with Crippen molar-refractivity contribution in [3.63, 3.8) is 0 Å². The van der Waals surface area contributed by atoms with Gasteiger partial charge in [0.05, 0.1) is 44.4 Å². The van der Waals surface area contributed by atoms with Crippen LogP contribution >= 0.6 is 0 Å². The lowest BCUT2D eigenvalue weighted by molar-refractivity contribution is 0.0690. The van der Waals surface area contributed by atoms with E-state index in [0.717, 1.165) is 23.3 Å². The van der Waals surface area contributed by atoms with Crippen molar-refractivity contribution in [2.45, 2.75) is 24.3 Å². The van der Waals surface area contributed by atoms with Gasteiger partial charge in [0.15, 0.2) is 0 Å². The average Bonchev–Trinajstić information content (AvgIpc) is 3.24. The van der Waals surface area contributed by atoms with Gasteiger partial charge in [0.2, 0.25) is 16.0 Å². The molecule has 2 aliphatic heterocycles. The van der Waals surface area contributed by atoms with Crippen LogP contribution in [0.5, 0.6) is 5.75 Å². The summed E-state index contributed by atoms with van der Waals surface area (Å²) < 4.78 is 42.5. The summed E-state index contributed by atoms with van der Waals surface area (Å²) in [5.41, 5.74) is 1.60. The molecule has 0 radical (unpaired) electrons. The second-order valence-electron chi connectivity index (χ2n) is 6.81. The molecule has 1 aromatic heterocycles. The summed E-state index contributed by atoms with van der Waals surface area (Å²) in [5.74, 6) is 1.17. The molecule has 0 spiro atoms. The quantitative estimate of drug-likeness (QED) is 0.719. The molecule has 9 nitrogen and oxygen atoms in total. The summed E-state index contributed by atoms with van der Waals surface area (Å²) in [5, 5.41) is 3.25. The highest BCUT2D eigenvalue weighted by Crippen LogP contribution is 2.31. The molecule has 10 heteroatoms. The van der Waals surface area contributed by atoms with Gasteiger partial charge in [-0.25, -0.2) is 23.1 Å². The SMILES string of the molecule is COc1ccccc1-c1ccnc(NC2COC3C(NS(C)(=O)=O)COC23)n1. The van der Waals surface area contributed by atoms with Gasteiger partial charge >= 0.3 is 0 Å². The Balaban J connectivity index is 1.49. The number of methoxy groups -OCH3 is 1. The molecule has 2 fully saturated rings. The van der Waals surface area contributed by atoms with Gasteiger partial charge in [-0.1, -0.05) is 12.1 Å². The van der Waals surface area contributed by atoms with Crippen LogP contribution in [-0.4, -0.2) is 69.3 Å². The Morgan fingerprint density at radius 2 is 1.82 bits per heavy atom. The topological polar surface area (TPSA) is 112 Å². The molecule has 2 saturated heterocycles. The zero-order valence-corrected chi connectivity index (χ0v) is 16.3. The maximum Gasteiger partial charge on any atom is 0.223 e. The van der Waals surface area contributed by atoms with Crippen molar-refractivity contribution in [2.24, 2.45) is 0 Å². The number of nitrogens with one attached hydrogen (secondary N) is 2. The molecule has 1 aromatic carbocycles. The summed E-state index contributed by atoms with van der Waals surface area (Å²) in [4.78, 5) is 8.87. The Kier molecular flexibility index (Phi) is 5.19. The molecule has 0 saturated carbocycles. The van der Waals surface area contributed by atoms with Crippen molar-refractivity contribution >= 4 is 16.0 Å². The third-order valence-corrected chi connectivity index (χ3v) is 5.50. The molecule has 2 N–H and O–H groups in total. The fourth-order valence-corrected chi connectivity index (χ4v) is 4.35. The molecule has 4 unspecified atom stereocenters. The highest BCUT2D eigenvalue weighted by Gasteiger charge is 2.48. The predicted octanol–water partition coefficient (Wildman–Crippen LogP) is 0.648. The zero-order valence-electron chi connectivity index (χ0n) is 15.5. The minimum absolute atomic E-state index is 0.177. The van der Waals surface area contributed by atoms with E-state index in [9.17, 15) is 8.42 Å². The van der Waals surface area contributed by atoms with Crippen molar-refractivity contribution in [3.8, 4) is 17.0 Å². The molecule has 0 bridgehead atoms. The molecule has 4 rings (SSSR count). The number of sulfonamides is 1. The first-order valence-electron chi connectivity index (χ1n) is 8.88. The summed E-state index contributed by atoms with van der Waals surface area (Å²) in [6, 6.07) is 8.87. The Morgan fingerprint density at radius 3 is 2.57 bits per heavy atom. The van der Waals surface area contributed by atoms with Gasteiger partial charge in [-0.2, -0.15) is 0 Å². The molecule has 2 aromatic rings. The number of nitrogens with zero attached hydrogens (tertiary/aromatic N) is 2. The Labute approximate surface area is 163 Å². The first kappa shape index (κ1) is 19.1. The van der Waals surface area contributed by atoms with Gasteiger partial charge in [-0.3, -0.25) is 0 Å². The van der Waals surface area contributed by atoms with Crippen LogP contribution in [0, 0.1) is 0 Å². The van der Waals surface area contributed by atoms with Gasteiger partial charge < -0.3 is 19.5 Å². The Morgan fingerprint density at radius 1 is 1.11 bits per heavy atom. The van der Waals surface area contributed by atoms with Crippen molar-refractivity contribution in [2.75, 3.05) is 31.9 Å². The third kappa shape index (κ3) is 3.95. The van der Waals surface area contributed by atoms with Crippen molar-refractivity contribution in [1.82, 2.24) is 14.7 Å². The molecule has 150 valence electrons. The van der Waals surface area contributed by atoms with E-state index in [1.54, 1.807) is 13.3 Å². The van der Waals surface area contributed by atoms with E-state index in [2.05, 4.69) is 20.0 Å². The molecular weight excluding hydrogens is 384 g/mol. The minimum Gasteiger partial charge on any atom is -0.496 e. The standard InChI is InChI=1S/C18H22N4O5S/c1-25-15-6-4-3-5-11(15)12-7-8-19-18(20-12)21-13-9-26-17-14(10-27-16(13)17)22-28(2,23)24/h3-8,13-14,16-17,22H,9-10H2,1-2H3,(H,19,20,21). The fourth-order valence-electron chi connectivity index (χ4n) is 3.60. The number of hydrogen-bond donors (Lipinski definition) is 2. The predicted molar refractivity (Wildman–Crippen MR) is 103 cm³/mol. The number of benzene rings is 1. The summed E-state index contributed by atoms with van der Waals surface area (Å²) in [6.07, 6.45) is 2.18. The van der Waals surface area contributed by atoms with E-state index >= 15 is 0 Å². The lowest BCUT2D eigenvalue weighted by Crippen LogP contribution is -2.44. The van der Waals surface area contributed by atoms with Crippen LogP contribution < -0.4 is 14.8 Å². The summed E-state index contributed by atoms with van der Waals surface area (Å²) in [6.45, 7) is 0.641. The van der Waals surface area contributed by atoms with E-state index in [-0.39, 0.29) is 24.9 Å². The van der Waals surface area contributed by atoms with Crippen LogP contribution in [0.2, 0.25) is 0 Å². The smallest absolute Gasteiger partial charge is 0.223 e. The van der Waals surface area contributed by atoms with Crippen LogP contribution in [0.3, 0.4) is 0 Å². The first-order chi connectivity index (χ1) is 13.4. The lowest BCUT2D eigenvalue weighted by Gasteiger charge is -2.18. The number of para-hydroxylation sites is 1. The molecule has 0 amide bonds. The molecule has 2 aliphatic rings. The average molecular weight is 406 g/mol. The van der Waals surface area contributed by atoms with Gasteiger partial charge in [0, 0.05) is 11.8 Å². The highest BCUT2D eigenvalue weighted by atomic mass is 32.2. The van der Waals surface area contributed by atoms with Gasteiger partial charge in [0.25, 0.3) is 0 Å². The minimum atomic E-state index is -3.33. The van der Waals surface area contributed by atoms with E-state index in [4.69, 9.17) is 14.2 Å². The van der Waals surface area contributed by atoms with Crippen molar-refractivity contribution < 1.29 is 22.6 Å². The molecular formula is C18H22N4O5S. The fraction of sp³-hybridized carbons (Fsp3) is 0.444. The van der Waals surface area contributed by atoms with E-state index < -0.39 is 16.1 Å². The highest BCUT2D eigenvalue weighted by molar-refractivity contribution is 7.88. The largest absolute Gasteiger partial charge is 0.496 e. The van der Waals surface area contributed by atoms with E-state index in [1.165, 1.54) is 0 Å². The lowest BCUT2D eigenvalue weighted by atomic mass is 10.1. The molecule has 3 heterocycles. The second-order valence-corrected chi connectivity index (χ2v) is 8.59. The van der Waals surface area contributed by atoms with Crippen LogP contribution in [0.15, 0.2) is 36.5 Å². The van der Waals surface area contributed by atoms with Crippen LogP contribution in [-0.2, 0) is 19.5 Å². The van der Waals surface area contributed by atoms with Gasteiger partial charge in [-0.15, -0.1) is 0 Å². The Bertz CT molecular complexity index is 954. The summed E-state index contributed by atoms with van der Waals surface area (Å²) >= 11 is 0. The number of fused-ring (bicyclic) bond motifs is 1. The Hall–Kier alpha value is -2.27. The van der Waals surface area contributed by atoms with Gasteiger partial charge in [-0.05, 0) is 18.2 Å². The zero-order chi connectivity index (χ0) is 19.7. The number of rotatable bonds is 6. The number of ether oxygens (including phenoxy) is 3. The first-order valence-corrected chi connectivity index (χ1v) is 10.8. The number of hydrogen-bond acceptors (Lipinski definition) is 8. The van der Waals surface area contributed by atoms with Crippen molar-refractivity contribution in [3.05, 3.63) is 36.5 Å². The maximum absolute atomic E-state index is 11.5. The summed E-state index contributed by atoms with van der Waals surface area (Å²) in [7, 11) is -1.71. The molecule has 0 aliphatic carbocycles. The molecule has 4 atom stereocenters. The van der Waals surface area contributed by atoms with Crippen molar-refractivity contribution in [1.29, 1.82) is 0 Å². The second kappa shape index (κ2) is 7.63. The van der Waals surface area contributed by atoms with Crippen LogP contribution in [0.25, 0.3) is 11.3 Å². The number of aromatic nitrogens is 2. The van der Waals surface area contributed by atoms with Gasteiger partial charge in [0.1, 0.15) is 18.0 Å². The molecule has 28 heavy (non-hydrogen) atoms. The van der Waals surface area contributed by atoms with E-state index in [0.29, 0.717) is 12.6 Å². The van der Waals surface area contributed by atoms with Crippen LogP contribution in [0.4, 0.5) is 5.95 Å². The van der Waals surface area contributed by atoms with Crippen LogP contribution in [0.1, 0.15) is 0 Å². The van der Waals surface area contributed by atoms with E-state index in [1.807, 2.05) is 30.3 Å². The number of anilines is 1. The monoisotopic (exact) mass is 406 g/mol. The maximum atomic E-state index is 11.5.